The summed E-state index contributed by atoms with van der Waals surface area (Å²) in [5.41, 5.74) is 2.56. The third kappa shape index (κ3) is 1.88. The van der Waals surface area contributed by atoms with Crippen LogP contribution in [0.5, 0.6) is 0 Å². The fourth-order valence-electron chi connectivity index (χ4n) is 1.28. The molecule has 1 nitrogen and oxygen atoms in total. The molecule has 12 heavy (non-hydrogen) atoms. The Morgan fingerprint density at radius 3 is 2.92 bits per heavy atom. The van der Waals surface area contributed by atoms with Crippen LogP contribution >= 0.6 is 0 Å². The first-order valence-electron chi connectivity index (χ1n) is 4.14. The van der Waals surface area contributed by atoms with Gasteiger partial charge in [-0.05, 0) is 30.3 Å². The van der Waals surface area contributed by atoms with Gasteiger partial charge >= 0.3 is 0 Å². The fraction of sp³-hybridized carbons (Fsp3) is 0.273. The van der Waals surface area contributed by atoms with Crippen LogP contribution in [0.3, 0.4) is 0 Å². The molecular weight excluding hydrogens is 146 g/mol. The molecule has 0 saturated heterocycles. The molecule has 0 radical (unpaired) electrons. The van der Waals surface area contributed by atoms with Gasteiger partial charge in [0.1, 0.15) is 0 Å². The molecule has 0 N–H and O–H groups in total. The van der Waals surface area contributed by atoms with Gasteiger partial charge in [0, 0.05) is 13.6 Å². The Morgan fingerprint density at radius 1 is 1.58 bits per heavy atom. The van der Waals surface area contributed by atoms with Crippen molar-refractivity contribution in [1.29, 1.82) is 0 Å². The first kappa shape index (κ1) is 8.85. The summed E-state index contributed by atoms with van der Waals surface area (Å²) in [7, 11) is 2.07. The van der Waals surface area contributed by atoms with Gasteiger partial charge in [0.2, 0.25) is 0 Å². The molecule has 1 aliphatic heterocycles. The molecule has 0 saturated carbocycles. The second-order valence-corrected chi connectivity index (χ2v) is 2.92. The quantitative estimate of drug-likeness (QED) is 0.601. The smallest absolute Gasteiger partial charge is 0.0426 e. The Bertz CT molecular complexity index is 256. The zero-order chi connectivity index (χ0) is 8.97. The van der Waals surface area contributed by atoms with E-state index in [1.807, 2.05) is 13.0 Å². The lowest BCUT2D eigenvalue weighted by atomic mass is 10.0. The molecule has 1 heterocycles. The SMILES string of the molecule is C=CC1=C(/C=C\C)CN(C)C=C1. The maximum Gasteiger partial charge on any atom is 0.0426 e. The molecule has 0 atom stereocenters. The molecule has 0 aromatic heterocycles. The third-order valence-corrected chi connectivity index (χ3v) is 1.89. The molecule has 0 bridgehead atoms. The first-order valence-corrected chi connectivity index (χ1v) is 4.14. The Hall–Kier alpha value is -1.24. The van der Waals surface area contributed by atoms with Gasteiger partial charge in [-0.25, -0.2) is 0 Å². The van der Waals surface area contributed by atoms with Crippen molar-refractivity contribution in [3.63, 3.8) is 0 Å². The van der Waals surface area contributed by atoms with Crippen LogP contribution in [0.2, 0.25) is 0 Å². The number of hydrogen-bond acceptors (Lipinski definition) is 1. The maximum atomic E-state index is 3.78. The predicted octanol–water partition coefficient (Wildman–Crippen LogP) is 2.50. The fourth-order valence-corrected chi connectivity index (χ4v) is 1.28. The van der Waals surface area contributed by atoms with E-state index in [9.17, 15) is 0 Å². The molecule has 1 rings (SSSR count). The molecule has 0 spiro atoms. The summed E-state index contributed by atoms with van der Waals surface area (Å²) in [6, 6.07) is 0. The minimum atomic E-state index is 0.974. The van der Waals surface area contributed by atoms with Crippen LogP contribution in [-0.2, 0) is 0 Å². The molecule has 0 aromatic carbocycles. The summed E-state index contributed by atoms with van der Waals surface area (Å²) in [4.78, 5) is 2.16. The number of hydrogen-bond donors (Lipinski definition) is 0. The van der Waals surface area contributed by atoms with E-state index in [1.165, 1.54) is 11.1 Å². The molecule has 0 unspecified atom stereocenters. The molecular formula is C11H15N. The van der Waals surface area contributed by atoms with Crippen molar-refractivity contribution in [2.45, 2.75) is 6.92 Å². The van der Waals surface area contributed by atoms with Gasteiger partial charge in [-0.2, -0.15) is 0 Å². The van der Waals surface area contributed by atoms with Gasteiger partial charge in [-0.1, -0.05) is 24.8 Å². The van der Waals surface area contributed by atoms with Crippen LogP contribution in [0, 0.1) is 0 Å². The van der Waals surface area contributed by atoms with Crippen LogP contribution in [0.25, 0.3) is 0 Å². The molecule has 0 fully saturated rings. The zero-order valence-electron chi connectivity index (χ0n) is 7.75. The van der Waals surface area contributed by atoms with E-state index in [0.717, 1.165) is 6.54 Å². The normalized spacial score (nSPS) is 17.7. The highest BCUT2D eigenvalue weighted by molar-refractivity contribution is 5.42. The van der Waals surface area contributed by atoms with Crippen molar-refractivity contribution < 1.29 is 0 Å². The lowest BCUT2D eigenvalue weighted by Crippen LogP contribution is -2.17. The van der Waals surface area contributed by atoms with Gasteiger partial charge in [0.15, 0.2) is 0 Å². The van der Waals surface area contributed by atoms with E-state index < -0.39 is 0 Å². The largest absolute Gasteiger partial charge is 0.376 e. The summed E-state index contributed by atoms with van der Waals surface area (Å²) < 4.78 is 0. The topological polar surface area (TPSA) is 3.24 Å². The van der Waals surface area contributed by atoms with Crippen LogP contribution in [0.15, 0.2) is 48.2 Å². The molecule has 0 amide bonds. The van der Waals surface area contributed by atoms with Crippen LogP contribution in [0.4, 0.5) is 0 Å². The van der Waals surface area contributed by atoms with Crippen molar-refractivity contribution in [1.82, 2.24) is 4.90 Å². The minimum Gasteiger partial charge on any atom is -0.376 e. The van der Waals surface area contributed by atoms with E-state index in [-0.39, 0.29) is 0 Å². The minimum absolute atomic E-state index is 0.974. The van der Waals surface area contributed by atoms with Crippen molar-refractivity contribution in [2.24, 2.45) is 0 Å². The highest BCUT2D eigenvalue weighted by Crippen LogP contribution is 2.15. The Morgan fingerprint density at radius 2 is 2.33 bits per heavy atom. The monoisotopic (exact) mass is 161 g/mol. The second-order valence-electron chi connectivity index (χ2n) is 2.92. The lowest BCUT2D eigenvalue weighted by Gasteiger charge is -2.20. The predicted molar refractivity (Wildman–Crippen MR) is 53.8 cm³/mol. The van der Waals surface area contributed by atoms with Gasteiger partial charge in [0.25, 0.3) is 0 Å². The van der Waals surface area contributed by atoms with E-state index in [4.69, 9.17) is 0 Å². The Labute approximate surface area is 74.4 Å². The van der Waals surface area contributed by atoms with E-state index >= 15 is 0 Å². The summed E-state index contributed by atoms with van der Waals surface area (Å²) in [6.07, 6.45) is 10.3. The number of rotatable bonds is 2. The van der Waals surface area contributed by atoms with E-state index in [1.54, 1.807) is 0 Å². The van der Waals surface area contributed by atoms with E-state index in [0.29, 0.717) is 0 Å². The van der Waals surface area contributed by atoms with Gasteiger partial charge in [-0.15, -0.1) is 0 Å². The first-order chi connectivity index (χ1) is 5.77. The summed E-state index contributed by atoms with van der Waals surface area (Å²) in [5, 5.41) is 0. The Balaban J connectivity index is 2.93. The van der Waals surface area contributed by atoms with Gasteiger partial charge in [-0.3, -0.25) is 0 Å². The highest BCUT2D eigenvalue weighted by Gasteiger charge is 2.04. The van der Waals surface area contributed by atoms with Crippen molar-refractivity contribution in [3.8, 4) is 0 Å². The van der Waals surface area contributed by atoms with E-state index in [2.05, 4.69) is 43.0 Å². The standard InChI is InChI=1S/C11H15N/c1-4-6-11-9-12(3)8-7-10(11)5-2/h4-8H,2,9H2,1,3H3/b6-4-. The lowest BCUT2D eigenvalue weighted by molar-refractivity contribution is 0.493. The van der Waals surface area contributed by atoms with Gasteiger partial charge < -0.3 is 4.90 Å². The summed E-state index contributed by atoms with van der Waals surface area (Å²) in [5.74, 6) is 0. The molecule has 0 aromatic rings. The average Bonchev–Trinajstić information content (AvgIpc) is 2.05. The highest BCUT2D eigenvalue weighted by atomic mass is 15.1. The average molecular weight is 161 g/mol. The second kappa shape index (κ2) is 3.96. The van der Waals surface area contributed by atoms with Crippen LogP contribution in [-0.4, -0.2) is 18.5 Å². The maximum absolute atomic E-state index is 3.78. The number of allylic oxidation sites excluding steroid dienone is 4. The molecule has 1 heteroatoms. The zero-order valence-corrected chi connectivity index (χ0v) is 7.75. The Kier molecular flexibility index (Phi) is 2.92. The number of likely N-dealkylation sites (N-methyl/N-ethyl adjacent to an activating group) is 1. The summed E-state index contributed by atoms with van der Waals surface area (Å²) >= 11 is 0. The van der Waals surface area contributed by atoms with Crippen LogP contribution in [0.1, 0.15) is 6.92 Å². The van der Waals surface area contributed by atoms with Crippen molar-refractivity contribution in [2.75, 3.05) is 13.6 Å². The molecule has 0 aliphatic carbocycles. The van der Waals surface area contributed by atoms with Crippen LogP contribution < -0.4 is 0 Å². The van der Waals surface area contributed by atoms with Crippen molar-refractivity contribution >= 4 is 0 Å². The molecule has 1 aliphatic rings. The summed E-state index contributed by atoms with van der Waals surface area (Å²) in [6.45, 7) is 6.79. The molecule has 64 valence electrons. The van der Waals surface area contributed by atoms with Gasteiger partial charge in [0.05, 0.1) is 0 Å². The van der Waals surface area contributed by atoms with Crippen molar-refractivity contribution in [3.05, 3.63) is 48.2 Å². The third-order valence-electron chi connectivity index (χ3n) is 1.89. The number of nitrogens with zero attached hydrogens (tertiary/aromatic N) is 1.